The second-order valence-electron chi connectivity index (χ2n) is 6.89. The average molecular weight is 285 g/mol. The largest absolute Gasteiger partial charge is 0.465 e. The van der Waals surface area contributed by atoms with Gasteiger partial charge < -0.3 is 9.47 Å². The zero-order chi connectivity index (χ0) is 15.2. The number of carbonyl (C=O) groups excluding carboxylic acids is 1. The molecule has 0 bridgehead atoms. The molecule has 20 heavy (non-hydrogen) atoms. The van der Waals surface area contributed by atoms with E-state index >= 15 is 0 Å². The first kappa shape index (κ1) is 17.4. The minimum absolute atomic E-state index is 0.0866. The molecule has 0 heterocycles. The van der Waals surface area contributed by atoms with Crippen molar-refractivity contribution in [1.82, 2.24) is 5.32 Å². The van der Waals surface area contributed by atoms with E-state index in [2.05, 4.69) is 26.1 Å². The maximum Gasteiger partial charge on any atom is 0.326 e. The topological polar surface area (TPSA) is 47.6 Å². The molecule has 0 amide bonds. The number of ether oxygens (including phenoxy) is 2. The van der Waals surface area contributed by atoms with Crippen LogP contribution < -0.4 is 5.32 Å². The third kappa shape index (κ3) is 6.71. The van der Waals surface area contributed by atoms with Crippen molar-refractivity contribution in [2.45, 2.75) is 83.9 Å². The number of esters is 1. The van der Waals surface area contributed by atoms with Gasteiger partial charge in [-0.15, -0.1) is 0 Å². The van der Waals surface area contributed by atoms with Crippen molar-refractivity contribution in [3.63, 3.8) is 0 Å². The van der Waals surface area contributed by atoms with Crippen LogP contribution in [0.25, 0.3) is 0 Å². The molecule has 0 aromatic heterocycles. The molecule has 1 atom stereocenters. The van der Waals surface area contributed by atoms with Crippen molar-refractivity contribution in [1.29, 1.82) is 0 Å². The molecule has 0 aromatic carbocycles. The summed E-state index contributed by atoms with van der Waals surface area (Å²) in [6.45, 7) is 11.2. The van der Waals surface area contributed by atoms with Crippen LogP contribution in [-0.2, 0) is 14.3 Å². The quantitative estimate of drug-likeness (QED) is 0.522. The van der Waals surface area contributed by atoms with Gasteiger partial charge in [-0.2, -0.15) is 0 Å². The Hall–Kier alpha value is -0.610. The van der Waals surface area contributed by atoms with E-state index in [-0.39, 0.29) is 11.6 Å². The van der Waals surface area contributed by atoms with E-state index in [0.29, 0.717) is 12.6 Å². The Morgan fingerprint density at radius 3 is 2.35 bits per heavy atom. The Bertz CT molecular complexity index is 307. The monoisotopic (exact) mass is 285 g/mol. The molecular weight excluding hydrogens is 254 g/mol. The molecule has 4 nitrogen and oxygen atoms in total. The fraction of sp³-hybridized carbons (Fsp3) is 0.938. The molecule has 0 saturated heterocycles. The first-order valence-electron chi connectivity index (χ1n) is 7.86. The standard InChI is InChI=1S/C16H31NO3/c1-6-19-14(18)16(5,17-13-9-10-13)11-7-8-12-20-15(2,3)4/h13,17H,6-12H2,1-5H3. The van der Waals surface area contributed by atoms with E-state index in [0.717, 1.165) is 25.9 Å². The lowest BCUT2D eigenvalue weighted by molar-refractivity contribution is -0.151. The van der Waals surface area contributed by atoms with Gasteiger partial charge in [0.1, 0.15) is 5.54 Å². The average Bonchev–Trinajstić information content (AvgIpc) is 3.11. The first-order valence-corrected chi connectivity index (χ1v) is 7.86. The van der Waals surface area contributed by atoms with Crippen molar-refractivity contribution in [2.24, 2.45) is 0 Å². The van der Waals surface area contributed by atoms with Gasteiger partial charge >= 0.3 is 5.97 Å². The summed E-state index contributed by atoms with van der Waals surface area (Å²) in [6.07, 6.45) is 5.07. The van der Waals surface area contributed by atoms with Gasteiger partial charge in [0.2, 0.25) is 0 Å². The third-order valence-corrected chi connectivity index (χ3v) is 3.43. The molecule has 0 aliphatic heterocycles. The predicted octanol–water partition coefficient (Wildman–Crippen LogP) is 3.05. The highest BCUT2D eigenvalue weighted by Gasteiger charge is 2.39. The third-order valence-electron chi connectivity index (χ3n) is 3.43. The molecule has 118 valence electrons. The van der Waals surface area contributed by atoms with Gasteiger partial charge in [-0.25, -0.2) is 0 Å². The number of nitrogens with one attached hydrogen (secondary N) is 1. The SMILES string of the molecule is CCOC(=O)C(C)(CCCCOC(C)(C)C)NC1CC1. The summed E-state index contributed by atoms with van der Waals surface area (Å²) in [5, 5.41) is 3.44. The number of rotatable bonds is 9. The molecule has 1 aliphatic rings. The van der Waals surface area contributed by atoms with Crippen LogP contribution in [0.2, 0.25) is 0 Å². The first-order chi connectivity index (χ1) is 9.27. The normalized spacial score (nSPS) is 18.6. The molecule has 1 saturated carbocycles. The summed E-state index contributed by atoms with van der Waals surface area (Å²) >= 11 is 0. The van der Waals surface area contributed by atoms with E-state index in [9.17, 15) is 4.79 Å². The minimum atomic E-state index is -0.543. The molecule has 1 N–H and O–H groups in total. The molecule has 0 aromatic rings. The Balaban J connectivity index is 2.34. The van der Waals surface area contributed by atoms with E-state index in [1.807, 2.05) is 13.8 Å². The van der Waals surface area contributed by atoms with Crippen molar-refractivity contribution >= 4 is 5.97 Å². The van der Waals surface area contributed by atoms with Gasteiger partial charge in [-0.3, -0.25) is 10.1 Å². The fourth-order valence-corrected chi connectivity index (χ4v) is 2.16. The summed E-state index contributed by atoms with van der Waals surface area (Å²) in [5.74, 6) is -0.122. The molecule has 0 radical (unpaired) electrons. The minimum Gasteiger partial charge on any atom is -0.465 e. The van der Waals surface area contributed by atoms with Crippen LogP contribution in [0.3, 0.4) is 0 Å². The van der Waals surface area contributed by atoms with E-state index in [1.54, 1.807) is 0 Å². The van der Waals surface area contributed by atoms with Crippen LogP contribution in [-0.4, -0.2) is 36.4 Å². The summed E-state index contributed by atoms with van der Waals surface area (Å²) in [5.41, 5.74) is -0.629. The van der Waals surface area contributed by atoms with Crippen molar-refractivity contribution < 1.29 is 14.3 Å². The summed E-state index contributed by atoms with van der Waals surface area (Å²) < 4.78 is 10.9. The maximum absolute atomic E-state index is 12.1. The van der Waals surface area contributed by atoms with Crippen LogP contribution in [0.5, 0.6) is 0 Å². The van der Waals surface area contributed by atoms with Crippen molar-refractivity contribution in [3.8, 4) is 0 Å². The predicted molar refractivity (Wildman–Crippen MR) is 80.8 cm³/mol. The van der Waals surface area contributed by atoms with Crippen molar-refractivity contribution in [3.05, 3.63) is 0 Å². The van der Waals surface area contributed by atoms with E-state index in [4.69, 9.17) is 9.47 Å². The smallest absolute Gasteiger partial charge is 0.326 e. The molecular formula is C16H31NO3. The summed E-state index contributed by atoms with van der Waals surface area (Å²) in [6, 6.07) is 0.496. The molecule has 1 fully saturated rings. The summed E-state index contributed by atoms with van der Waals surface area (Å²) in [7, 11) is 0. The lowest BCUT2D eigenvalue weighted by atomic mass is 9.94. The van der Waals surface area contributed by atoms with E-state index in [1.165, 1.54) is 12.8 Å². The Morgan fingerprint density at radius 1 is 1.20 bits per heavy atom. The van der Waals surface area contributed by atoms with Crippen LogP contribution in [0.1, 0.15) is 66.7 Å². The Labute approximate surface area is 123 Å². The van der Waals surface area contributed by atoms with Crippen molar-refractivity contribution in [2.75, 3.05) is 13.2 Å². The zero-order valence-electron chi connectivity index (χ0n) is 13.8. The summed E-state index contributed by atoms with van der Waals surface area (Å²) in [4.78, 5) is 12.1. The molecule has 1 rings (SSSR count). The van der Waals surface area contributed by atoms with Gasteiger partial charge in [0.15, 0.2) is 0 Å². The van der Waals surface area contributed by atoms with E-state index < -0.39 is 5.54 Å². The maximum atomic E-state index is 12.1. The zero-order valence-corrected chi connectivity index (χ0v) is 13.8. The highest BCUT2D eigenvalue weighted by Crippen LogP contribution is 2.26. The second-order valence-corrected chi connectivity index (χ2v) is 6.89. The van der Waals surface area contributed by atoms with Gasteiger partial charge in [-0.1, -0.05) is 0 Å². The highest BCUT2D eigenvalue weighted by atomic mass is 16.5. The molecule has 1 aliphatic carbocycles. The number of hydrogen-bond acceptors (Lipinski definition) is 4. The highest BCUT2D eigenvalue weighted by molar-refractivity contribution is 5.80. The number of carbonyl (C=O) groups is 1. The number of unbranched alkanes of at least 4 members (excludes halogenated alkanes) is 1. The molecule has 1 unspecified atom stereocenters. The Kier molecular flexibility index (Phi) is 6.46. The number of hydrogen-bond donors (Lipinski definition) is 1. The lowest BCUT2D eigenvalue weighted by Crippen LogP contribution is -2.51. The van der Waals surface area contributed by atoms with Crippen LogP contribution in [0, 0.1) is 0 Å². The second kappa shape index (κ2) is 7.41. The lowest BCUT2D eigenvalue weighted by Gasteiger charge is -2.29. The Morgan fingerprint density at radius 2 is 1.85 bits per heavy atom. The van der Waals surface area contributed by atoms with Crippen LogP contribution >= 0.6 is 0 Å². The van der Waals surface area contributed by atoms with Crippen LogP contribution in [0.15, 0.2) is 0 Å². The van der Waals surface area contributed by atoms with Crippen LogP contribution in [0.4, 0.5) is 0 Å². The fourth-order valence-electron chi connectivity index (χ4n) is 2.16. The van der Waals surface area contributed by atoms with Gasteiger partial charge in [0.05, 0.1) is 12.2 Å². The van der Waals surface area contributed by atoms with Gasteiger partial charge in [0.25, 0.3) is 0 Å². The molecule has 4 heteroatoms. The molecule has 0 spiro atoms. The van der Waals surface area contributed by atoms with Gasteiger partial charge in [0, 0.05) is 12.6 Å². The van der Waals surface area contributed by atoms with Gasteiger partial charge in [-0.05, 0) is 66.7 Å².